The molecule has 0 bridgehead atoms. The van der Waals surface area contributed by atoms with E-state index in [1.165, 1.54) is 17.2 Å². The number of aromatic nitrogens is 1. The summed E-state index contributed by atoms with van der Waals surface area (Å²) in [6.07, 6.45) is 4.49. The van der Waals surface area contributed by atoms with Crippen molar-refractivity contribution in [3.05, 3.63) is 76.7 Å². The van der Waals surface area contributed by atoms with Crippen LogP contribution >= 0.6 is 11.3 Å². The van der Waals surface area contributed by atoms with Gasteiger partial charge in [-0.05, 0) is 37.6 Å². The molecule has 172 valence electrons. The molecule has 2 aromatic heterocycles. The number of anilines is 1. The molecule has 0 unspecified atom stereocenters. The zero-order valence-electron chi connectivity index (χ0n) is 18.4. The lowest BCUT2D eigenvalue weighted by molar-refractivity contribution is -0.119. The van der Waals surface area contributed by atoms with Crippen molar-refractivity contribution >= 4 is 40.3 Å². The Morgan fingerprint density at radius 1 is 1.18 bits per heavy atom. The number of ether oxygens (including phenoxy) is 1. The van der Waals surface area contributed by atoms with Gasteiger partial charge in [-0.3, -0.25) is 14.5 Å². The van der Waals surface area contributed by atoms with Crippen molar-refractivity contribution in [1.82, 2.24) is 10.3 Å². The standard InChI is InChI=1S/C24H25N3O5S/c1-3-31-23(30)22-17(2)26-24(33-22)27(16-18-8-5-4-6-9-18)21(29)13-14-25-20(28)12-11-19-10-7-15-32-19/h4-12,15H,3,13-14,16H2,1-2H3,(H,25,28)/b12-11+. The van der Waals surface area contributed by atoms with Gasteiger partial charge in [0.2, 0.25) is 11.8 Å². The van der Waals surface area contributed by atoms with Crippen LogP contribution in [0, 0.1) is 6.92 Å². The zero-order chi connectivity index (χ0) is 23.6. The number of nitrogens with one attached hydrogen (secondary N) is 1. The Morgan fingerprint density at radius 2 is 1.97 bits per heavy atom. The lowest BCUT2D eigenvalue weighted by Crippen LogP contribution is -2.34. The highest BCUT2D eigenvalue weighted by molar-refractivity contribution is 7.17. The van der Waals surface area contributed by atoms with Gasteiger partial charge in [0.25, 0.3) is 0 Å². The third kappa shape index (κ3) is 6.88. The number of aryl methyl sites for hydroxylation is 1. The quantitative estimate of drug-likeness (QED) is 0.358. The largest absolute Gasteiger partial charge is 0.465 e. The predicted molar refractivity (Wildman–Crippen MR) is 126 cm³/mol. The van der Waals surface area contributed by atoms with Gasteiger partial charge in [0, 0.05) is 19.0 Å². The Morgan fingerprint density at radius 3 is 2.67 bits per heavy atom. The maximum atomic E-state index is 13.1. The zero-order valence-corrected chi connectivity index (χ0v) is 19.3. The number of thiazole rings is 1. The fourth-order valence-corrected chi connectivity index (χ4v) is 3.92. The molecule has 2 amide bonds. The molecule has 0 atom stereocenters. The molecule has 3 rings (SSSR count). The number of amides is 2. The number of carbonyl (C=O) groups excluding carboxylic acids is 3. The van der Waals surface area contributed by atoms with E-state index in [0.717, 1.165) is 16.9 Å². The lowest BCUT2D eigenvalue weighted by atomic mass is 10.2. The highest BCUT2D eigenvalue weighted by atomic mass is 32.1. The maximum Gasteiger partial charge on any atom is 0.350 e. The number of nitrogens with zero attached hydrogens (tertiary/aromatic N) is 2. The molecule has 0 fully saturated rings. The van der Waals surface area contributed by atoms with Gasteiger partial charge in [0.15, 0.2) is 5.13 Å². The number of furan rings is 1. The monoisotopic (exact) mass is 467 g/mol. The summed E-state index contributed by atoms with van der Waals surface area (Å²) in [5, 5.41) is 3.10. The van der Waals surface area contributed by atoms with E-state index < -0.39 is 5.97 Å². The predicted octanol–water partition coefficient (Wildman–Crippen LogP) is 3.97. The van der Waals surface area contributed by atoms with E-state index in [2.05, 4.69) is 10.3 Å². The SMILES string of the molecule is CCOC(=O)c1sc(N(Cc2ccccc2)C(=O)CCNC(=O)/C=C/c2ccco2)nc1C. The number of hydrogen-bond acceptors (Lipinski definition) is 7. The van der Waals surface area contributed by atoms with Crippen LogP contribution in [-0.2, 0) is 20.9 Å². The van der Waals surface area contributed by atoms with E-state index in [-0.39, 0.29) is 31.4 Å². The van der Waals surface area contributed by atoms with Gasteiger partial charge >= 0.3 is 5.97 Å². The molecule has 8 nitrogen and oxygen atoms in total. The van der Waals surface area contributed by atoms with Gasteiger partial charge in [-0.25, -0.2) is 9.78 Å². The highest BCUT2D eigenvalue weighted by Crippen LogP contribution is 2.28. The molecule has 9 heteroatoms. The Labute approximate surface area is 195 Å². The van der Waals surface area contributed by atoms with Gasteiger partial charge in [-0.1, -0.05) is 41.7 Å². The van der Waals surface area contributed by atoms with Crippen LogP contribution in [0.25, 0.3) is 6.08 Å². The summed E-state index contributed by atoms with van der Waals surface area (Å²) in [4.78, 5) is 43.6. The van der Waals surface area contributed by atoms with Crippen molar-refractivity contribution in [3.63, 3.8) is 0 Å². The smallest absolute Gasteiger partial charge is 0.350 e. The summed E-state index contributed by atoms with van der Waals surface area (Å²) in [6, 6.07) is 13.0. The van der Waals surface area contributed by atoms with Crippen LogP contribution in [0.1, 0.15) is 40.0 Å². The van der Waals surface area contributed by atoms with Crippen molar-refractivity contribution in [2.24, 2.45) is 0 Å². The first-order valence-corrected chi connectivity index (χ1v) is 11.3. The minimum Gasteiger partial charge on any atom is -0.465 e. The van der Waals surface area contributed by atoms with Crippen LogP contribution in [0.4, 0.5) is 5.13 Å². The summed E-state index contributed by atoms with van der Waals surface area (Å²) in [5.41, 5.74) is 1.43. The summed E-state index contributed by atoms with van der Waals surface area (Å²) in [5.74, 6) is -0.449. The van der Waals surface area contributed by atoms with Crippen LogP contribution in [0.15, 0.2) is 59.2 Å². The molecule has 1 N–H and O–H groups in total. The fraction of sp³-hybridized carbons (Fsp3) is 0.250. The maximum absolute atomic E-state index is 13.1. The van der Waals surface area contributed by atoms with Gasteiger partial charge < -0.3 is 14.5 Å². The third-order valence-electron chi connectivity index (χ3n) is 4.54. The number of esters is 1. The molecular formula is C24H25N3O5S. The van der Waals surface area contributed by atoms with Crippen molar-refractivity contribution in [3.8, 4) is 0 Å². The van der Waals surface area contributed by atoms with Crippen LogP contribution in [0.3, 0.4) is 0 Å². The third-order valence-corrected chi connectivity index (χ3v) is 5.70. The molecule has 0 aliphatic carbocycles. The normalized spacial score (nSPS) is 10.8. The van der Waals surface area contributed by atoms with E-state index in [9.17, 15) is 14.4 Å². The van der Waals surface area contributed by atoms with E-state index in [0.29, 0.717) is 28.0 Å². The lowest BCUT2D eigenvalue weighted by Gasteiger charge is -2.20. The summed E-state index contributed by atoms with van der Waals surface area (Å²) in [6.45, 7) is 4.15. The molecule has 0 aliphatic rings. The van der Waals surface area contributed by atoms with E-state index in [1.54, 1.807) is 32.1 Å². The molecule has 0 saturated carbocycles. The Bertz CT molecular complexity index is 1110. The minimum atomic E-state index is -0.457. The summed E-state index contributed by atoms with van der Waals surface area (Å²) >= 11 is 1.12. The molecule has 0 saturated heterocycles. The van der Waals surface area contributed by atoms with Crippen LogP contribution in [0.5, 0.6) is 0 Å². The highest BCUT2D eigenvalue weighted by Gasteiger charge is 2.24. The van der Waals surface area contributed by atoms with Crippen molar-refractivity contribution < 1.29 is 23.5 Å². The van der Waals surface area contributed by atoms with E-state index >= 15 is 0 Å². The molecule has 0 radical (unpaired) electrons. The molecule has 0 spiro atoms. The molecular weight excluding hydrogens is 442 g/mol. The first-order valence-electron chi connectivity index (χ1n) is 10.5. The van der Waals surface area contributed by atoms with Gasteiger partial charge in [-0.2, -0.15) is 0 Å². The molecule has 1 aromatic carbocycles. The van der Waals surface area contributed by atoms with Gasteiger partial charge in [0.05, 0.1) is 25.1 Å². The summed E-state index contributed by atoms with van der Waals surface area (Å²) in [7, 11) is 0. The van der Waals surface area contributed by atoms with Crippen LogP contribution in [-0.4, -0.2) is 35.9 Å². The second kappa shape index (κ2) is 11.8. The minimum absolute atomic E-state index is 0.0700. The molecule has 2 heterocycles. The van der Waals surface area contributed by atoms with Crippen LogP contribution in [0.2, 0.25) is 0 Å². The topological polar surface area (TPSA) is 102 Å². The van der Waals surface area contributed by atoms with E-state index in [1.807, 2.05) is 30.3 Å². The number of hydrogen-bond donors (Lipinski definition) is 1. The second-order valence-corrected chi connectivity index (χ2v) is 7.96. The van der Waals surface area contributed by atoms with Crippen molar-refractivity contribution in [2.45, 2.75) is 26.8 Å². The second-order valence-electron chi connectivity index (χ2n) is 6.99. The molecule has 0 aliphatic heterocycles. The van der Waals surface area contributed by atoms with Crippen molar-refractivity contribution in [1.29, 1.82) is 0 Å². The molecule has 33 heavy (non-hydrogen) atoms. The average Bonchev–Trinajstić information content (AvgIpc) is 3.46. The van der Waals surface area contributed by atoms with Gasteiger partial charge in [-0.15, -0.1) is 0 Å². The van der Waals surface area contributed by atoms with E-state index in [4.69, 9.17) is 9.15 Å². The number of rotatable bonds is 10. The Hall–Kier alpha value is -3.72. The molecule has 3 aromatic rings. The number of benzene rings is 1. The first-order chi connectivity index (χ1) is 16.0. The van der Waals surface area contributed by atoms with Gasteiger partial charge in [0.1, 0.15) is 10.6 Å². The first kappa shape index (κ1) is 23.9. The summed E-state index contributed by atoms with van der Waals surface area (Å²) < 4.78 is 10.2. The van der Waals surface area contributed by atoms with Crippen LogP contribution < -0.4 is 10.2 Å². The Kier molecular flexibility index (Phi) is 8.54. The Balaban J connectivity index is 1.68. The van der Waals surface area contributed by atoms with Crippen molar-refractivity contribution in [2.75, 3.05) is 18.1 Å². The average molecular weight is 468 g/mol. The fourth-order valence-electron chi connectivity index (χ4n) is 2.94. The number of carbonyl (C=O) groups is 3.